The molecule has 0 spiro atoms. The minimum Gasteiger partial charge on any atom is -0.282 e. The van der Waals surface area contributed by atoms with Crippen molar-refractivity contribution in [2.24, 2.45) is 0 Å². The largest absolute Gasteiger partial charge is 0.282 e. The maximum Gasteiger partial charge on any atom is 0.0632 e. The number of halogens is 1. The van der Waals surface area contributed by atoms with Crippen molar-refractivity contribution in [3.8, 4) is 0 Å². The third-order valence-electron chi connectivity index (χ3n) is 0.593. The van der Waals surface area contributed by atoms with Crippen molar-refractivity contribution < 1.29 is 4.11 Å². The van der Waals surface area contributed by atoms with Crippen LogP contribution in [0.15, 0.2) is 10.7 Å². The quantitative estimate of drug-likeness (QED) is 0.618. The summed E-state index contributed by atoms with van der Waals surface area (Å²) < 4.78 is 21.4. The normalized spacial score (nSPS) is 17.6. The van der Waals surface area contributed by atoms with Crippen molar-refractivity contribution in [3.63, 3.8) is 0 Å². The molecule has 0 radical (unpaired) electrons. The van der Waals surface area contributed by atoms with Gasteiger partial charge < -0.3 is 0 Å². The Kier molecular flexibility index (Phi) is 0.546. The number of hydrogen-bond acceptors (Lipinski definition) is 1. The molecule has 1 N–H and O–H groups in total. The van der Waals surface area contributed by atoms with Crippen LogP contribution in [0.4, 0.5) is 0 Å². The second-order valence-corrected chi connectivity index (χ2v) is 1.95. The maximum absolute atomic E-state index is 6.96. The molecular weight excluding hydrogens is 156 g/mol. The third-order valence-corrected chi connectivity index (χ3v) is 1.19. The van der Waals surface area contributed by atoms with Crippen LogP contribution in [-0.2, 0) is 0 Å². The van der Waals surface area contributed by atoms with Crippen molar-refractivity contribution in [1.29, 1.82) is 0 Å². The third kappa shape index (κ3) is 0.825. The molecule has 0 fully saturated rings. The Balaban J connectivity index is 3.05. The predicted molar refractivity (Wildman–Crippen MR) is 31.0 cm³/mol. The molecule has 7 heavy (non-hydrogen) atoms. The Morgan fingerprint density at radius 2 is 3.00 bits per heavy atom. The number of nitrogens with one attached hydrogen (secondary N) is 1. The van der Waals surface area contributed by atoms with Gasteiger partial charge in [-0.1, -0.05) is 0 Å². The molecule has 0 amide bonds. The summed E-state index contributed by atoms with van der Waals surface area (Å²) in [5.41, 5.74) is 0.146. The van der Waals surface area contributed by atoms with Crippen LogP contribution in [0.25, 0.3) is 0 Å². The minimum atomic E-state index is -2.10. The first-order chi connectivity index (χ1) is 4.52. The summed E-state index contributed by atoms with van der Waals surface area (Å²) in [4.78, 5) is 0. The van der Waals surface area contributed by atoms with E-state index in [2.05, 4.69) is 26.1 Å². The van der Waals surface area contributed by atoms with E-state index in [0.29, 0.717) is 4.47 Å². The van der Waals surface area contributed by atoms with E-state index in [4.69, 9.17) is 4.11 Å². The van der Waals surface area contributed by atoms with Crippen LogP contribution >= 0.6 is 15.9 Å². The van der Waals surface area contributed by atoms with E-state index >= 15 is 0 Å². The van der Waals surface area contributed by atoms with Gasteiger partial charge in [0.15, 0.2) is 0 Å². The number of hydrogen-bond donors (Lipinski definition) is 1. The van der Waals surface area contributed by atoms with Gasteiger partial charge in [-0.2, -0.15) is 5.10 Å². The molecule has 1 aromatic heterocycles. The fourth-order valence-corrected chi connectivity index (χ4v) is 0.462. The zero-order chi connectivity index (χ0) is 7.78. The molecule has 0 saturated carbocycles. The summed E-state index contributed by atoms with van der Waals surface area (Å²) in [5, 5.41) is 5.94. The lowest BCUT2D eigenvalue weighted by molar-refractivity contribution is 1.05. The molecule has 0 bridgehead atoms. The minimum absolute atomic E-state index is 0.146. The molecule has 1 aromatic rings. The van der Waals surface area contributed by atoms with Crippen LogP contribution in [0.3, 0.4) is 0 Å². The number of aromatic amines is 1. The lowest BCUT2D eigenvalue weighted by atomic mass is 10.5. The standard InChI is InChI=1S/C4H5BrN2/c1-3-4(5)2-6-7-3/h2H,1H3,(H,6,7)/i1D3. The van der Waals surface area contributed by atoms with Crippen molar-refractivity contribution in [3.05, 3.63) is 16.4 Å². The highest BCUT2D eigenvalue weighted by atomic mass is 79.9. The molecule has 0 aliphatic carbocycles. The van der Waals surface area contributed by atoms with Crippen LogP contribution in [0, 0.1) is 6.85 Å². The lowest BCUT2D eigenvalue weighted by Crippen LogP contribution is -1.67. The van der Waals surface area contributed by atoms with Gasteiger partial charge in [0.25, 0.3) is 0 Å². The van der Waals surface area contributed by atoms with Crippen molar-refractivity contribution in [1.82, 2.24) is 10.2 Å². The molecule has 0 atom stereocenters. The molecule has 38 valence electrons. The Hall–Kier alpha value is -0.310. The van der Waals surface area contributed by atoms with Gasteiger partial charge in [0.05, 0.1) is 10.7 Å². The van der Waals surface area contributed by atoms with E-state index in [1.165, 1.54) is 6.20 Å². The number of aromatic nitrogens is 2. The SMILES string of the molecule is [2H]C([2H])([2H])c1[nH]ncc1Br. The molecule has 0 unspecified atom stereocenters. The highest BCUT2D eigenvalue weighted by molar-refractivity contribution is 9.10. The van der Waals surface area contributed by atoms with Crippen molar-refractivity contribution in [2.75, 3.05) is 0 Å². The van der Waals surface area contributed by atoms with Crippen molar-refractivity contribution in [2.45, 2.75) is 6.85 Å². The fourth-order valence-electron chi connectivity index (χ4n) is 0.271. The van der Waals surface area contributed by atoms with Crippen LogP contribution in [0.1, 0.15) is 9.81 Å². The predicted octanol–water partition coefficient (Wildman–Crippen LogP) is 1.48. The molecule has 0 saturated heterocycles. The molecule has 0 aromatic carbocycles. The molecular formula is C4H5BrN2. The highest BCUT2D eigenvalue weighted by Crippen LogP contribution is 2.09. The van der Waals surface area contributed by atoms with Gasteiger partial charge in [-0.25, -0.2) is 0 Å². The van der Waals surface area contributed by atoms with Crippen LogP contribution in [0.2, 0.25) is 0 Å². The summed E-state index contributed by atoms with van der Waals surface area (Å²) in [6.45, 7) is -2.10. The molecule has 2 nitrogen and oxygen atoms in total. The summed E-state index contributed by atoms with van der Waals surface area (Å²) in [6, 6.07) is 0. The van der Waals surface area contributed by atoms with Gasteiger partial charge >= 0.3 is 0 Å². The summed E-state index contributed by atoms with van der Waals surface area (Å²) in [5.74, 6) is 0. The second kappa shape index (κ2) is 1.66. The number of H-pyrrole nitrogens is 1. The van der Waals surface area contributed by atoms with E-state index < -0.39 is 6.85 Å². The zero-order valence-electron chi connectivity index (χ0n) is 6.40. The van der Waals surface area contributed by atoms with Gasteiger partial charge in [-0.05, 0) is 22.8 Å². The van der Waals surface area contributed by atoms with Gasteiger partial charge in [-0.3, -0.25) is 5.10 Å². The monoisotopic (exact) mass is 163 g/mol. The van der Waals surface area contributed by atoms with E-state index in [1.54, 1.807) is 0 Å². The van der Waals surface area contributed by atoms with Crippen LogP contribution in [-0.4, -0.2) is 10.2 Å². The zero-order valence-corrected chi connectivity index (χ0v) is 4.99. The number of nitrogens with zero attached hydrogens (tertiary/aromatic N) is 1. The van der Waals surface area contributed by atoms with Gasteiger partial charge in [0.1, 0.15) is 0 Å². The summed E-state index contributed by atoms with van der Waals surface area (Å²) in [6.07, 6.45) is 1.42. The fraction of sp³-hybridized carbons (Fsp3) is 0.250. The lowest BCUT2D eigenvalue weighted by Gasteiger charge is -1.76. The van der Waals surface area contributed by atoms with Crippen LogP contribution in [0.5, 0.6) is 0 Å². The van der Waals surface area contributed by atoms with Crippen molar-refractivity contribution >= 4 is 15.9 Å². The number of aryl methyl sites for hydroxylation is 1. The Morgan fingerprint density at radius 3 is 3.29 bits per heavy atom. The topological polar surface area (TPSA) is 28.7 Å². The molecule has 0 aliphatic rings. The smallest absolute Gasteiger partial charge is 0.0632 e. The molecule has 0 aliphatic heterocycles. The highest BCUT2D eigenvalue weighted by Gasteiger charge is 1.89. The Morgan fingerprint density at radius 1 is 2.14 bits per heavy atom. The second-order valence-electron chi connectivity index (χ2n) is 1.09. The average Bonchev–Trinajstić information content (AvgIpc) is 2.11. The first-order valence-corrected chi connectivity index (χ1v) is 2.50. The molecule has 1 rings (SSSR count). The van der Waals surface area contributed by atoms with E-state index in [0.717, 1.165) is 0 Å². The Bertz CT molecular complexity index is 229. The number of rotatable bonds is 0. The van der Waals surface area contributed by atoms with Crippen LogP contribution < -0.4 is 0 Å². The summed E-state index contributed by atoms with van der Waals surface area (Å²) >= 11 is 3.05. The van der Waals surface area contributed by atoms with Gasteiger partial charge in [-0.15, -0.1) is 0 Å². The van der Waals surface area contributed by atoms with E-state index in [-0.39, 0.29) is 5.69 Å². The average molecular weight is 164 g/mol. The molecule has 3 heteroatoms. The maximum atomic E-state index is 6.96. The van der Waals surface area contributed by atoms with E-state index in [1.807, 2.05) is 0 Å². The first kappa shape index (κ1) is 2.31. The molecule has 1 heterocycles. The first-order valence-electron chi connectivity index (χ1n) is 3.21. The van der Waals surface area contributed by atoms with Gasteiger partial charge in [0, 0.05) is 9.81 Å². The summed E-state index contributed by atoms with van der Waals surface area (Å²) in [7, 11) is 0. The Labute approximate surface area is 54.3 Å². The van der Waals surface area contributed by atoms with E-state index in [9.17, 15) is 0 Å². The van der Waals surface area contributed by atoms with Gasteiger partial charge in [0.2, 0.25) is 0 Å².